The van der Waals surface area contributed by atoms with Crippen LogP contribution in [0.1, 0.15) is 33.6 Å². The third-order valence-electron chi connectivity index (χ3n) is 8.39. The van der Waals surface area contributed by atoms with Crippen LogP contribution in [0.4, 0.5) is 0 Å². The zero-order valence-electron chi connectivity index (χ0n) is 25.1. The smallest absolute Gasteiger partial charge is 0.107 e. The van der Waals surface area contributed by atoms with E-state index in [2.05, 4.69) is 115 Å². The molecule has 0 unspecified atom stereocenters. The van der Waals surface area contributed by atoms with Crippen LogP contribution in [0.5, 0.6) is 0 Å². The molecule has 0 saturated heterocycles. The highest BCUT2D eigenvalue weighted by atomic mass is 28.3. The zero-order chi connectivity index (χ0) is 30.0. The Bertz CT molecular complexity index is 1900. The molecule has 0 aliphatic carbocycles. The number of pyridine rings is 4. The van der Waals surface area contributed by atoms with Crippen LogP contribution in [0.25, 0.3) is 44.3 Å². The molecule has 7 rings (SSSR count). The minimum atomic E-state index is -1.86. The third kappa shape index (κ3) is 5.01. The van der Waals surface area contributed by atoms with E-state index < -0.39 is 8.80 Å². The molecule has 0 N–H and O–H groups in total. The number of hydrogen-bond donors (Lipinski definition) is 0. The van der Waals surface area contributed by atoms with Crippen molar-refractivity contribution in [2.24, 2.45) is 0 Å². The maximum Gasteiger partial charge on any atom is 0.107 e. The van der Waals surface area contributed by atoms with Gasteiger partial charge in [-0.1, -0.05) is 79.3 Å². The summed E-state index contributed by atoms with van der Waals surface area (Å²) in [5.41, 5.74) is 13.0. The van der Waals surface area contributed by atoms with Gasteiger partial charge in [0, 0.05) is 12.4 Å². The SMILES string of the molecule is Cc1ccccc1C1=C(c2cccc(-c3ccccn3)n2)[SiH](C)C(c2cccc(-c3ccccn3)n2)=C1c1ccccc1C. The van der Waals surface area contributed by atoms with E-state index >= 15 is 0 Å². The first-order valence-corrected chi connectivity index (χ1v) is 17.3. The Morgan fingerprint density at radius 2 is 0.795 bits per heavy atom. The summed E-state index contributed by atoms with van der Waals surface area (Å²) >= 11 is 0. The van der Waals surface area contributed by atoms with E-state index in [1.807, 2.05) is 48.8 Å². The number of aryl methyl sites for hydroxylation is 2. The van der Waals surface area contributed by atoms with Crippen LogP contribution in [0.3, 0.4) is 0 Å². The van der Waals surface area contributed by atoms with Crippen molar-refractivity contribution < 1.29 is 0 Å². The fourth-order valence-electron chi connectivity index (χ4n) is 6.30. The number of aromatic nitrogens is 4. The molecule has 44 heavy (non-hydrogen) atoms. The Morgan fingerprint density at radius 1 is 0.409 bits per heavy atom. The Kier molecular flexibility index (Phi) is 7.38. The number of benzene rings is 2. The van der Waals surface area contributed by atoms with Crippen molar-refractivity contribution in [2.75, 3.05) is 0 Å². The Morgan fingerprint density at radius 3 is 1.20 bits per heavy atom. The molecule has 212 valence electrons. The van der Waals surface area contributed by atoms with Crippen molar-refractivity contribution in [1.82, 2.24) is 19.9 Å². The second kappa shape index (κ2) is 11.8. The molecule has 6 aromatic rings. The third-order valence-corrected chi connectivity index (χ3v) is 11.3. The van der Waals surface area contributed by atoms with Gasteiger partial charge in [-0.25, -0.2) is 9.97 Å². The van der Waals surface area contributed by atoms with Gasteiger partial charge < -0.3 is 0 Å². The van der Waals surface area contributed by atoms with Crippen LogP contribution >= 0.6 is 0 Å². The van der Waals surface area contributed by atoms with Gasteiger partial charge in [0.05, 0.1) is 34.2 Å². The summed E-state index contributed by atoms with van der Waals surface area (Å²) in [7, 11) is -1.86. The maximum atomic E-state index is 5.28. The lowest BCUT2D eigenvalue weighted by atomic mass is 9.86. The largest absolute Gasteiger partial charge is 0.255 e. The highest BCUT2D eigenvalue weighted by Gasteiger charge is 2.37. The van der Waals surface area contributed by atoms with Gasteiger partial charge in [-0.2, -0.15) is 0 Å². The fraction of sp³-hybridized carbons (Fsp3) is 0.0769. The van der Waals surface area contributed by atoms with Gasteiger partial charge >= 0.3 is 0 Å². The summed E-state index contributed by atoms with van der Waals surface area (Å²) in [6.07, 6.45) is 3.65. The predicted octanol–water partition coefficient (Wildman–Crippen LogP) is 8.69. The van der Waals surface area contributed by atoms with E-state index in [1.54, 1.807) is 0 Å². The molecule has 0 saturated carbocycles. The standard InChI is InChI=1S/C39H32N4Si/c1-26-14-4-6-16-28(26)36-37(29-17-7-5-15-27(29)2)39(35-23-13-21-33(43-35)31-19-9-11-25-41-31)44(3)38(36)34-22-12-20-32(42-34)30-18-8-10-24-40-30/h4-25,44H,1-3H3. The van der Waals surface area contributed by atoms with E-state index in [0.29, 0.717) is 0 Å². The first-order chi connectivity index (χ1) is 21.6. The number of nitrogens with zero attached hydrogens (tertiary/aromatic N) is 4. The van der Waals surface area contributed by atoms with E-state index in [1.165, 1.54) is 43.8 Å². The lowest BCUT2D eigenvalue weighted by Gasteiger charge is -2.18. The molecule has 0 fully saturated rings. The van der Waals surface area contributed by atoms with E-state index in [-0.39, 0.29) is 0 Å². The minimum absolute atomic E-state index is 0.872. The van der Waals surface area contributed by atoms with Gasteiger partial charge in [0.25, 0.3) is 0 Å². The lowest BCUT2D eigenvalue weighted by molar-refractivity contribution is 1.23. The quantitative estimate of drug-likeness (QED) is 0.184. The van der Waals surface area contributed by atoms with Crippen molar-refractivity contribution >= 4 is 30.3 Å². The average Bonchev–Trinajstić information content (AvgIpc) is 3.38. The molecule has 1 aliphatic heterocycles. The molecule has 0 amide bonds. The zero-order valence-corrected chi connectivity index (χ0v) is 26.2. The molecule has 0 atom stereocenters. The molecule has 0 spiro atoms. The topological polar surface area (TPSA) is 51.6 Å². The van der Waals surface area contributed by atoms with Crippen molar-refractivity contribution in [3.05, 3.63) is 167 Å². The van der Waals surface area contributed by atoms with Crippen LogP contribution in [0, 0.1) is 13.8 Å². The van der Waals surface area contributed by atoms with Crippen LogP contribution in [0.15, 0.2) is 134 Å². The number of hydrogen-bond acceptors (Lipinski definition) is 4. The van der Waals surface area contributed by atoms with E-state index in [0.717, 1.165) is 34.2 Å². The summed E-state index contributed by atoms with van der Waals surface area (Å²) in [5, 5.41) is 2.66. The van der Waals surface area contributed by atoms with Gasteiger partial charge in [-0.15, -0.1) is 0 Å². The maximum absolute atomic E-state index is 5.28. The molecular formula is C39H32N4Si. The van der Waals surface area contributed by atoms with E-state index in [9.17, 15) is 0 Å². The molecule has 5 heterocycles. The monoisotopic (exact) mass is 584 g/mol. The normalized spacial score (nSPS) is 13.5. The van der Waals surface area contributed by atoms with Gasteiger partial charge in [-0.05, 0) is 106 Å². The molecule has 4 nitrogen and oxygen atoms in total. The summed E-state index contributed by atoms with van der Waals surface area (Å²) in [6, 6.07) is 42.0. The van der Waals surface area contributed by atoms with Gasteiger partial charge in [-0.3, -0.25) is 9.97 Å². The lowest BCUT2D eigenvalue weighted by Crippen LogP contribution is -2.14. The van der Waals surface area contributed by atoms with Crippen LogP contribution < -0.4 is 0 Å². The first kappa shape index (κ1) is 27.6. The van der Waals surface area contributed by atoms with E-state index in [4.69, 9.17) is 9.97 Å². The second-order valence-corrected chi connectivity index (χ2v) is 13.8. The summed E-state index contributed by atoms with van der Waals surface area (Å²) in [5.74, 6) is 0. The molecule has 2 aromatic carbocycles. The first-order valence-electron chi connectivity index (χ1n) is 15.0. The molecule has 0 bridgehead atoms. The van der Waals surface area contributed by atoms with Crippen LogP contribution in [-0.2, 0) is 0 Å². The Balaban J connectivity index is 1.53. The summed E-state index contributed by atoms with van der Waals surface area (Å²) in [4.78, 5) is 19.8. The molecule has 0 radical (unpaired) electrons. The molecule has 1 aliphatic rings. The van der Waals surface area contributed by atoms with Crippen molar-refractivity contribution in [2.45, 2.75) is 20.4 Å². The van der Waals surface area contributed by atoms with Crippen molar-refractivity contribution in [3.8, 4) is 22.8 Å². The fourth-order valence-corrected chi connectivity index (χ4v) is 9.26. The highest BCUT2D eigenvalue weighted by Crippen LogP contribution is 2.51. The van der Waals surface area contributed by atoms with Gasteiger partial charge in [0.1, 0.15) is 8.80 Å². The predicted molar refractivity (Wildman–Crippen MR) is 184 cm³/mol. The minimum Gasteiger partial charge on any atom is -0.255 e. The number of allylic oxidation sites excluding steroid dienone is 2. The molecule has 5 heteroatoms. The highest BCUT2D eigenvalue weighted by molar-refractivity contribution is 6.99. The van der Waals surface area contributed by atoms with Crippen molar-refractivity contribution in [3.63, 3.8) is 0 Å². The Hall–Kier alpha value is -5.26. The van der Waals surface area contributed by atoms with Gasteiger partial charge in [0.15, 0.2) is 0 Å². The molecule has 4 aromatic heterocycles. The van der Waals surface area contributed by atoms with Gasteiger partial charge in [0.2, 0.25) is 0 Å². The van der Waals surface area contributed by atoms with Crippen LogP contribution in [-0.4, -0.2) is 28.7 Å². The Labute approximate surface area is 260 Å². The average molecular weight is 585 g/mol. The summed E-state index contributed by atoms with van der Waals surface area (Å²) < 4.78 is 0. The summed E-state index contributed by atoms with van der Waals surface area (Å²) in [6.45, 7) is 6.84. The second-order valence-electron chi connectivity index (χ2n) is 11.2. The van der Waals surface area contributed by atoms with Crippen LogP contribution in [0.2, 0.25) is 6.55 Å². The number of rotatable bonds is 6. The van der Waals surface area contributed by atoms with Crippen molar-refractivity contribution in [1.29, 1.82) is 0 Å². The molecular weight excluding hydrogens is 553 g/mol.